The standard InChI is InChI=1S/C11H12F2N4O3/c12-7-8(19)6(3-18)20-9(7)4-1-2-5-10(14)15-11(13)16-17(4)5/h1-2,6-9,18-19H,3H2,(H2,14,15,16)/t6?,7-,8-,9?/m1/s1. The van der Waals surface area contributed by atoms with Crippen molar-refractivity contribution in [2.24, 2.45) is 0 Å². The Balaban J connectivity index is 2.07. The van der Waals surface area contributed by atoms with Gasteiger partial charge < -0.3 is 20.7 Å². The van der Waals surface area contributed by atoms with Crippen LogP contribution in [-0.4, -0.2) is 49.8 Å². The summed E-state index contributed by atoms with van der Waals surface area (Å²) in [6.45, 7) is -0.521. The molecule has 7 nitrogen and oxygen atoms in total. The Morgan fingerprint density at radius 3 is 2.85 bits per heavy atom. The fourth-order valence-electron chi connectivity index (χ4n) is 2.34. The highest BCUT2D eigenvalue weighted by Gasteiger charge is 2.45. The first-order valence-electron chi connectivity index (χ1n) is 5.92. The van der Waals surface area contributed by atoms with Crippen molar-refractivity contribution >= 4 is 11.3 Å². The number of ether oxygens (including phenoxy) is 1. The minimum absolute atomic E-state index is 0.0867. The molecule has 20 heavy (non-hydrogen) atoms. The number of aliphatic hydroxyl groups is 2. The summed E-state index contributed by atoms with van der Waals surface area (Å²) in [5.74, 6) is -0.0867. The van der Waals surface area contributed by atoms with Crippen molar-refractivity contribution < 1.29 is 23.7 Å². The van der Waals surface area contributed by atoms with Crippen molar-refractivity contribution in [2.45, 2.75) is 24.5 Å². The SMILES string of the molecule is Nc1nc(F)nn2c(C3OC(CO)[C@@H](O)[C@H]3F)ccc12. The lowest BCUT2D eigenvalue weighted by atomic mass is 10.1. The van der Waals surface area contributed by atoms with Crippen LogP contribution in [0.3, 0.4) is 0 Å². The summed E-state index contributed by atoms with van der Waals surface area (Å²) < 4.78 is 33.6. The monoisotopic (exact) mass is 286 g/mol. The minimum Gasteiger partial charge on any atom is -0.394 e. The van der Waals surface area contributed by atoms with Crippen LogP contribution < -0.4 is 5.73 Å². The lowest BCUT2D eigenvalue weighted by Gasteiger charge is -2.12. The van der Waals surface area contributed by atoms with Gasteiger partial charge in [-0.15, -0.1) is 5.10 Å². The van der Waals surface area contributed by atoms with Gasteiger partial charge in [-0.05, 0) is 12.1 Å². The van der Waals surface area contributed by atoms with Crippen LogP contribution in [-0.2, 0) is 4.74 Å². The van der Waals surface area contributed by atoms with Gasteiger partial charge in [0.1, 0.15) is 23.8 Å². The van der Waals surface area contributed by atoms with Crippen molar-refractivity contribution in [1.29, 1.82) is 0 Å². The van der Waals surface area contributed by atoms with Crippen molar-refractivity contribution in [1.82, 2.24) is 14.6 Å². The van der Waals surface area contributed by atoms with Crippen LogP contribution in [0.25, 0.3) is 5.52 Å². The van der Waals surface area contributed by atoms with Crippen molar-refractivity contribution in [2.75, 3.05) is 12.3 Å². The number of fused-ring (bicyclic) bond motifs is 1. The molecule has 2 aromatic heterocycles. The average Bonchev–Trinajstić information content (AvgIpc) is 2.93. The molecule has 2 aromatic rings. The number of nitrogens with zero attached hydrogens (tertiary/aromatic N) is 3. The molecule has 108 valence electrons. The van der Waals surface area contributed by atoms with E-state index in [-0.39, 0.29) is 11.5 Å². The number of aromatic nitrogens is 3. The van der Waals surface area contributed by atoms with Gasteiger partial charge in [0.05, 0.1) is 12.3 Å². The van der Waals surface area contributed by atoms with Gasteiger partial charge in [-0.3, -0.25) is 0 Å². The van der Waals surface area contributed by atoms with Gasteiger partial charge in [0.25, 0.3) is 0 Å². The number of hydrogen-bond donors (Lipinski definition) is 3. The first-order valence-corrected chi connectivity index (χ1v) is 5.92. The van der Waals surface area contributed by atoms with Crippen molar-refractivity contribution in [3.63, 3.8) is 0 Å². The van der Waals surface area contributed by atoms with E-state index in [1.807, 2.05) is 0 Å². The lowest BCUT2D eigenvalue weighted by Crippen LogP contribution is -2.30. The molecule has 1 aliphatic heterocycles. The van der Waals surface area contributed by atoms with Gasteiger partial charge in [0.2, 0.25) is 0 Å². The molecule has 0 spiro atoms. The highest BCUT2D eigenvalue weighted by atomic mass is 19.1. The zero-order valence-electron chi connectivity index (χ0n) is 10.1. The first-order chi connectivity index (χ1) is 9.52. The molecule has 0 radical (unpaired) electrons. The Bertz CT molecular complexity index is 650. The molecule has 3 rings (SSSR count). The number of rotatable bonds is 2. The number of halogens is 2. The molecule has 0 aliphatic carbocycles. The van der Waals surface area contributed by atoms with E-state index >= 15 is 0 Å². The molecule has 0 amide bonds. The second-order valence-corrected chi connectivity index (χ2v) is 4.53. The van der Waals surface area contributed by atoms with Crippen LogP contribution in [0, 0.1) is 6.08 Å². The van der Waals surface area contributed by atoms with Crippen LogP contribution in [0.15, 0.2) is 12.1 Å². The maximum atomic E-state index is 14.0. The molecule has 3 heterocycles. The van der Waals surface area contributed by atoms with Gasteiger partial charge in [-0.1, -0.05) is 0 Å². The fourth-order valence-corrected chi connectivity index (χ4v) is 2.34. The van der Waals surface area contributed by atoms with Crippen LogP contribution in [0.2, 0.25) is 0 Å². The predicted molar refractivity (Wildman–Crippen MR) is 63.0 cm³/mol. The van der Waals surface area contributed by atoms with E-state index in [4.69, 9.17) is 15.6 Å². The molecule has 1 saturated heterocycles. The number of hydrogen-bond acceptors (Lipinski definition) is 6. The van der Waals surface area contributed by atoms with Crippen molar-refractivity contribution in [3.8, 4) is 0 Å². The minimum atomic E-state index is -1.76. The summed E-state index contributed by atoms with van der Waals surface area (Å²) in [5, 5.41) is 22.1. The Morgan fingerprint density at radius 2 is 2.20 bits per heavy atom. The van der Waals surface area contributed by atoms with Crippen LogP contribution >= 0.6 is 0 Å². The largest absolute Gasteiger partial charge is 0.394 e. The molecule has 4 atom stereocenters. The van der Waals surface area contributed by atoms with E-state index in [1.54, 1.807) is 0 Å². The average molecular weight is 286 g/mol. The topological polar surface area (TPSA) is 106 Å². The molecule has 2 unspecified atom stereocenters. The van der Waals surface area contributed by atoms with Gasteiger partial charge in [0, 0.05) is 0 Å². The number of alkyl halides is 1. The Morgan fingerprint density at radius 1 is 1.45 bits per heavy atom. The third-order valence-electron chi connectivity index (χ3n) is 3.33. The van der Waals surface area contributed by atoms with E-state index in [0.717, 1.165) is 4.52 Å². The summed E-state index contributed by atoms with van der Waals surface area (Å²) in [5.41, 5.74) is 6.04. The van der Waals surface area contributed by atoms with Gasteiger partial charge in [0.15, 0.2) is 12.0 Å². The first kappa shape index (κ1) is 13.2. The summed E-state index contributed by atoms with van der Waals surface area (Å²) in [7, 11) is 0. The van der Waals surface area contributed by atoms with Gasteiger partial charge in [-0.2, -0.15) is 9.37 Å². The third-order valence-corrected chi connectivity index (χ3v) is 3.33. The number of nitrogen functional groups attached to an aromatic ring is 1. The second kappa shape index (κ2) is 4.62. The molecule has 0 saturated carbocycles. The normalized spacial score (nSPS) is 30.2. The second-order valence-electron chi connectivity index (χ2n) is 4.53. The van der Waals surface area contributed by atoms with Crippen LogP contribution in [0.4, 0.5) is 14.6 Å². The summed E-state index contributed by atoms with van der Waals surface area (Å²) >= 11 is 0. The fraction of sp³-hybridized carbons (Fsp3) is 0.455. The van der Waals surface area contributed by atoms with Gasteiger partial charge in [-0.25, -0.2) is 8.91 Å². The van der Waals surface area contributed by atoms with Crippen LogP contribution in [0.5, 0.6) is 0 Å². The Labute approximate surface area is 111 Å². The highest BCUT2D eigenvalue weighted by Crippen LogP contribution is 2.36. The smallest absolute Gasteiger partial charge is 0.327 e. The maximum Gasteiger partial charge on any atom is 0.327 e. The Hall–Kier alpha value is -1.84. The zero-order valence-corrected chi connectivity index (χ0v) is 10.1. The molecule has 9 heteroatoms. The van der Waals surface area contributed by atoms with E-state index < -0.39 is 37.2 Å². The Kier molecular flexibility index (Phi) is 3.04. The number of nitrogens with two attached hydrogens (primary N) is 1. The highest BCUT2D eigenvalue weighted by molar-refractivity contribution is 5.65. The predicted octanol–water partition coefficient (Wildman–Crippen LogP) is -0.418. The molecule has 4 N–H and O–H groups in total. The van der Waals surface area contributed by atoms with E-state index in [1.165, 1.54) is 12.1 Å². The molecule has 1 aliphatic rings. The molecular weight excluding hydrogens is 274 g/mol. The lowest BCUT2D eigenvalue weighted by molar-refractivity contribution is -0.0241. The quantitative estimate of drug-likeness (QED) is 0.692. The van der Waals surface area contributed by atoms with Gasteiger partial charge >= 0.3 is 6.08 Å². The molecule has 1 fully saturated rings. The van der Waals surface area contributed by atoms with E-state index in [9.17, 15) is 13.9 Å². The van der Waals surface area contributed by atoms with Crippen LogP contribution in [0.1, 0.15) is 11.8 Å². The number of aliphatic hydroxyl groups excluding tert-OH is 2. The summed E-state index contributed by atoms with van der Waals surface area (Å²) in [6, 6.07) is 2.96. The summed E-state index contributed by atoms with van der Waals surface area (Å²) in [6.07, 6.45) is -6.48. The zero-order chi connectivity index (χ0) is 14.4. The maximum absolute atomic E-state index is 14.0. The molecule has 0 bridgehead atoms. The summed E-state index contributed by atoms with van der Waals surface area (Å²) in [4.78, 5) is 3.36. The molecular formula is C11H12F2N4O3. The number of anilines is 1. The van der Waals surface area contributed by atoms with E-state index in [0.29, 0.717) is 5.52 Å². The van der Waals surface area contributed by atoms with E-state index in [2.05, 4.69) is 10.1 Å². The molecule has 0 aromatic carbocycles. The third kappa shape index (κ3) is 1.82. The van der Waals surface area contributed by atoms with Crippen molar-refractivity contribution in [3.05, 3.63) is 23.9 Å².